The lowest BCUT2D eigenvalue weighted by Gasteiger charge is -2.25. The van der Waals surface area contributed by atoms with E-state index >= 15 is 0 Å². The molecule has 34 heavy (non-hydrogen) atoms. The van der Waals surface area contributed by atoms with E-state index in [1.807, 2.05) is 81.4 Å². The second-order valence-corrected chi connectivity index (χ2v) is 9.02. The molecule has 5 heteroatoms. The van der Waals surface area contributed by atoms with Crippen LogP contribution in [0.1, 0.15) is 50.0 Å². The zero-order valence-corrected chi connectivity index (χ0v) is 19.8. The zero-order chi connectivity index (χ0) is 24.0. The third-order valence-electron chi connectivity index (χ3n) is 6.78. The molecule has 0 bridgehead atoms. The van der Waals surface area contributed by atoms with Crippen LogP contribution in [0.4, 0.5) is 0 Å². The van der Waals surface area contributed by atoms with Gasteiger partial charge in [0.2, 0.25) is 5.76 Å². The summed E-state index contributed by atoms with van der Waals surface area (Å²) in [5, 5.41) is 0.517. The van der Waals surface area contributed by atoms with Gasteiger partial charge in [0.1, 0.15) is 11.3 Å². The first-order valence-electron chi connectivity index (χ1n) is 11.5. The van der Waals surface area contributed by atoms with Crippen molar-refractivity contribution in [2.24, 2.45) is 0 Å². The zero-order valence-electron chi connectivity index (χ0n) is 19.8. The molecule has 0 fully saturated rings. The molecule has 0 saturated heterocycles. The summed E-state index contributed by atoms with van der Waals surface area (Å²) in [6.45, 7) is 6.43. The molecule has 0 aliphatic carbocycles. The van der Waals surface area contributed by atoms with Gasteiger partial charge in [0.15, 0.2) is 5.43 Å². The fourth-order valence-corrected chi connectivity index (χ4v) is 4.64. The predicted octanol–water partition coefficient (Wildman–Crippen LogP) is 5.51. The second-order valence-electron chi connectivity index (χ2n) is 9.02. The normalized spacial score (nSPS) is 15.1. The van der Waals surface area contributed by atoms with E-state index in [1.165, 1.54) is 0 Å². The van der Waals surface area contributed by atoms with Gasteiger partial charge in [-0.1, -0.05) is 42.0 Å². The number of rotatable bonds is 5. The van der Waals surface area contributed by atoms with Gasteiger partial charge in [-0.2, -0.15) is 0 Å². The summed E-state index contributed by atoms with van der Waals surface area (Å²) >= 11 is 0. The molecular weight excluding hydrogens is 426 g/mol. The Balaban J connectivity index is 1.61. The number of hydrogen-bond acceptors (Lipinski definition) is 4. The first-order valence-corrected chi connectivity index (χ1v) is 11.5. The van der Waals surface area contributed by atoms with Crippen LogP contribution in [-0.2, 0) is 6.42 Å². The molecule has 0 N–H and O–H groups in total. The van der Waals surface area contributed by atoms with E-state index in [1.54, 1.807) is 12.0 Å². The predicted molar refractivity (Wildman–Crippen MR) is 133 cm³/mol. The van der Waals surface area contributed by atoms with Crippen molar-refractivity contribution >= 4 is 16.9 Å². The Labute approximate surface area is 198 Å². The molecule has 0 spiro atoms. The van der Waals surface area contributed by atoms with Gasteiger partial charge in [-0.25, -0.2) is 0 Å². The minimum atomic E-state index is -0.483. The van der Waals surface area contributed by atoms with E-state index in [0.717, 1.165) is 33.6 Å². The van der Waals surface area contributed by atoms with Gasteiger partial charge in [0.25, 0.3) is 5.91 Å². The van der Waals surface area contributed by atoms with Crippen molar-refractivity contribution in [3.05, 3.63) is 110 Å². The molecule has 1 atom stereocenters. The van der Waals surface area contributed by atoms with Crippen LogP contribution in [0.2, 0.25) is 0 Å². The summed E-state index contributed by atoms with van der Waals surface area (Å²) in [6, 6.07) is 19.1. The largest absolute Gasteiger partial charge is 0.497 e. The third-order valence-corrected chi connectivity index (χ3v) is 6.78. The van der Waals surface area contributed by atoms with Gasteiger partial charge in [-0.15, -0.1) is 0 Å². The maximum atomic E-state index is 13.7. The summed E-state index contributed by atoms with van der Waals surface area (Å²) in [6.07, 6.45) is 0.651. The Morgan fingerprint density at radius 3 is 2.26 bits per heavy atom. The second kappa shape index (κ2) is 8.49. The molecule has 172 valence electrons. The molecule has 4 aromatic rings. The van der Waals surface area contributed by atoms with Crippen molar-refractivity contribution in [3.8, 4) is 5.75 Å². The highest BCUT2D eigenvalue weighted by Crippen LogP contribution is 2.38. The molecular formula is C29H27NO4. The van der Waals surface area contributed by atoms with Crippen molar-refractivity contribution < 1.29 is 13.9 Å². The third kappa shape index (κ3) is 3.67. The van der Waals surface area contributed by atoms with Crippen molar-refractivity contribution in [2.45, 2.75) is 33.2 Å². The van der Waals surface area contributed by atoms with Gasteiger partial charge in [0, 0.05) is 6.54 Å². The highest BCUT2D eigenvalue weighted by atomic mass is 16.5. The van der Waals surface area contributed by atoms with Crippen LogP contribution in [0.25, 0.3) is 11.0 Å². The fraction of sp³-hybridized carbons (Fsp3) is 0.241. The molecule has 2 heterocycles. The van der Waals surface area contributed by atoms with Crippen molar-refractivity contribution in [3.63, 3.8) is 0 Å². The highest BCUT2D eigenvalue weighted by Gasteiger charge is 2.42. The molecule has 1 unspecified atom stereocenters. The number of carbonyl (C=O) groups excluding carboxylic acids is 1. The Bertz CT molecular complexity index is 1450. The van der Waals surface area contributed by atoms with Crippen molar-refractivity contribution in [1.82, 2.24) is 4.90 Å². The average Bonchev–Trinajstić information content (AvgIpc) is 3.11. The van der Waals surface area contributed by atoms with Gasteiger partial charge in [-0.3, -0.25) is 9.59 Å². The SMILES string of the molecule is COc1ccc(CCN2C(=O)c3oc4cc(C)c(C)cc4c(=O)c3C2c2ccc(C)cc2)cc1. The van der Waals surface area contributed by atoms with E-state index in [0.29, 0.717) is 29.5 Å². The maximum absolute atomic E-state index is 13.7. The lowest BCUT2D eigenvalue weighted by atomic mass is 9.96. The van der Waals surface area contributed by atoms with Gasteiger partial charge in [-0.05, 0) is 73.7 Å². The Hall–Kier alpha value is -3.86. The number of methoxy groups -OCH3 is 1. The Morgan fingerprint density at radius 2 is 1.59 bits per heavy atom. The van der Waals surface area contributed by atoms with Gasteiger partial charge < -0.3 is 14.1 Å². The Morgan fingerprint density at radius 1 is 0.912 bits per heavy atom. The molecule has 1 aliphatic rings. The number of fused-ring (bicyclic) bond motifs is 2. The van der Waals surface area contributed by atoms with Crippen LogP contribution in [0.5, 0.6) is 5.75 Å². The molecule has 0 saturated carbocycles. The van der Waals surface area contributed by atoms with E-state index in [9.17, 15) is 9.59 Å². The van der Waals surface area contributed by atoms with Crippen LogP contribution in [-0.4, -0.2) is 24.5 Å². The lowest BCUT2D eigenvalue weighted by Crippen LogP contribution is -2.31. The molecule has 0 radical (unpaired) electrons. The van der Waals surface area contributed by atoms with E-state index in [2.05, 4.69) is 0 Å². The van der Waals surface area contributed by atoms with Crippen LogP contribution in [0, 0.1) is 20.8 Å². The molecule has 1 aliphatic heterocycles. The van der Waals surface area contributed by atoms with Crippen LogP contribution in [0.3, 0.4) is 0 Å². The molecule has 5 rings (SSSR count). The van der Waals surface area contributed by atoms with Gasteiger partial charge in [0.05, 0.1) is 24.1 Å². The monoisotopic (exact) mass is 453 g/mol. The molecule has 1 aromatic heterocycles. The molecule has 3 aromatic carbocycles. The van der Waals surface area contributed by atoms with E-state index < -0.39 is 6.04 Å². The van der Waals surface area contributed by atoms with Crippen LogP contribution >= 0.6 is 0 Å². The number of ether oxygens (including phenoxy) is 1. The summed E-state index contributed by atoms with van der Waals surface area (Å²) < 4.78 is 11.4. The summed E-state index contributed by atoms with van der Waals surface area (Å²) in [7, 11) is 1.64. The minimum absolute atomic E-state index is 0.134. The quantitative estimate of drug-likeness (QED) is 0.400. The first kappa shape index (κ1) is 22.0. The van der Waals surface area contributed by atoms with Gasteiger partial charge >= 0.3 is 0 Å². The maximum Gasteiger partial charge on any atom is 0.290 e. The number of amides is 1. The summed E-state index contributed by atoms with van der Waals surface area (Å²) in [5.74, 6) is 0.699. The first-order chi connectivity index (χ1) is 16.4. The molecule has 5 nitrogen and oxygen atoms in total. The fourth-order valence-electron chi connectivity index (χ4n) is 4.64. The van der Waals surface area contributed by atoms with Crippen molar-refractivity contribution in [2.75, 3.05) is 13.7 Å². The Kier molecular flexibility index (Phi) is 5.48. The molecule has 1 amide bonds. The average molecular weight is 454 g/mol. The number of benzene rings is 3. The minimum Gasteiger partial charge on any atom is -0.497 e. The summed E-state index contributed by atoms with van der Waals surface area (Å²) in [5.41, 5.74) is 5.91. The smallest absolute Gasteiger partial charge is 0.290 e. The van der Waals surface area contributed by atoms with Crippen LogP contribution < -0.4 is 10.2 Å². The topological polar surface area (TPSA) is 59.8 Å². The number of aryl methyl sites for hydroxylation is 3. The highest BCUT2D eigenvalue weighted by molar-refractivity contribution is 5.99. The number of carbonyl (C=O) groups is 1. The lowest BCUT2D eigenvalue weighted by molar-refractivity contribution is 0.0730. The van der Waals surface area contributed by atoms with E-state index in [-0.39, 0.29) is 17.1 Å². The number of nitrogens with zero attached hydrogens (tertiary/aromatic N) is 1. The van der Waals surface area contributed by atoms with Crippen molar-refractivity contribution in [1.29, 1.82) is 0 Å². The standard InChI is InChI=1S/C29H27NO4/c1-17-5-9-21(10-6-17)26-25-27(31)23-15-18(2)19(3)16-24(23)34-28(25)29(32)30(26)14-13-20-7-11-22(33-4)12-8-20/h5-12,15-16,26H,13-14H2,1-4H3. The van der Waals surface area contributed by atoms with E-state index in [4.69, 9.17) is 9.15 Å². The summed E-state index contributed by atoms with van der Waals surface area (Å²) in [4.78, 5) is 29.1. The van der Waals surface area contributed by atoms with Crippen LogP contribution in [0.15, 0.2) is 69.9 Å². The number of hydrogen-bond donors (Lipinski definition) is 0.